The minimum Gasteiger partial charge on any atom is -0.399 e. The minimum atomic E-state index is -3.16. The summed E-state index contributed by atoms with van der Waals surface area (Å²) in [5, 5.41) is 6.23. The molecule has 0 saturated heterocycles. The largest absolute Gasteiger partial charge is 0.399 e. The fourth-order valence-electron chi connectivity index (χ4n) is 1.62. The van der Waals surface area contributed by atoms with Gasteiger partial charge in [-0.3, -0.25) is 0 Å². The van der Waals surface area contributed by atoms with Crippen molar-refractivity contribution in [2.24, 2.45) is 0 Å². The molecule has 6 nitrogen and oxygen atoms in total. The van der Waals surface area contributed by atoms with Gasteiger partial charge in [0.05, 0.1) is 11.8 Å². The van der Waals surface area contributed by atoms with E-state index >= 15 is 0 Å². The molecule has 0 saturated carbocycles. The van der Waals surface area contributed by atoms with Gasteiger partial charge in [-0.2, -0.15) is 0 Å². The Hall–Kier alpha value is -2.02. The zero-order valence-corrected chi connectivity index (χ0v) is 10.3. The number of hydrogen-bond donors (Lipinski definition) is 3. The van der Waals surface area contributed by atoms with E-state index in [0.29, 0.717) is 11.4 Å². The van der Waals surface area contributed by atoms with Crippen LogP contribution in [0.3, 0.4) is 0 Å². The third kappa shape index (κ3) is 3.24. The summed E-state index contributed by atoms with van der Waals surface area (Å²) in [6.45, 7) is 0. The number of rotatable bonds is 2. The molecule has 1 aromatic rings. The van der Waals surface area contributed by atoms with Gasteiger partial charge in [-0.05, 0) is 24.3 Å². The predicted octanol–water partition coefficient (Wildman–Crippen LogP) is 0.701. The summed E-state index contributed by atoms with van der Waals surface area (Å²) in [5.74, 6) is -0.0999. The number of nitrogens with two attached hydrogens (primary N) is 1. The fourth-order valence-corrected chi connectivity index (χ4v) is 2.85. The molecule has 2 amide bonds. The summed E-state index contributed by atoms with van der Waals surface area (Å²) < 4.78 is 22.3. The van der Waals surface area contributed by atoms with Crippen LogP contribution in [0.1, 0.15) is 0 Å². The van der Waals surface area contributed by atoms with E-state index in [0.717, 1.165) is 5.41 Å². The highest BCUT2D eigenvalue weighted by Gasteiger charge is 2.22. The molecule has 0 spiro atoms. The zero-order chi connectivity index (χ0) is 13.2. The van der Waals surface area contributed by atoms with E-state index in [-0.39, 0.29) is 5.75 Å². The number of sulfone groups is 1. The Morgan fingerprint density at radius 3 is 2.78 bits per heavy atom. The first kappa shape index (κ1) is 12.4. The van der Waals surface area contributed by atoms with E-state index in [4.69, 9.17) is 5.73 Å². The van der Waals surface area contributed by atoms with Crippen molar-refractivity contribution in [3.63, 3.8) is 0 Å². The highest BCUT2D eigenvalue weighted by Crippen LogP contribution is 2.12. The fraction of sp³-hybridized carbons (Fsp3) is 0.182. The molecule has 0 aliphatic carbocycles. The van der Waals surface area contributed by atoms with Crippen molar-refractivity contribution in [2.45, 2.75) is 6.04 Å². The maximum atomic E-state index is 11.6. The molecule has 4 N–H and O–H groups in total. The monoisotopic (exact) mass is 267 g/mol. The molecule has 0 bridgehead atoms. The van der Waals surface area contributed by atoms with E-state index in [1.807, 2.05) is 0 Å². The van der Waals surface area contributed by atoms with Crippen molar-refractivity contribution in [2.75, 3.05) is 16.8 Å². The number of nitrogen functional groups attached to an aromatic ring is 1. The third-order valence-corrected chi connectivity index (χ3v) is 3.79. The lowest BCUT2D eigenvalue weighted by Crippen LogP contribution is -2.38. The molecule has 1 aromatic carbocycles. The number of nitrogens with one attached hydrogen (secondary N) is 2. The SMILES string of the molecule is Nc1cccc(NC(=O)NC2C=CS(=O)(=O)C2)c1. The molecule has 1 atom stereocenters. The number of amides is 2. The number of benzene rings is 1. The predicted molar refractivity (Wildman–Crippen MR) is 69.7 cm³/mol. The second kappa shape index (κ2) is 4.69. The van der Waals surface area contributed by atoms with Crippen LogP contribution in [-0.4, -0.2) is 26.2 Å². The average molecular weight is 267 g/mol. The lowest BCUT2D eigenvalue weighted by atomic mass is 10.3. The van der Waals surface area contributed by atoms with Gasteiger partial charge in [0.15, 0.2) is 9.84 Å². The van der Waals surface area contributed by atoms with Gasteiger partial charge in [-0.1, -0.05) is 6.07 Å². The maximum Gasteiger partial charge on any atom is 0.319 e. The first-order valence-corrected chi connectivity index (χ1v) is 7.00. The number of hydrogen-bond acceptors (Lipinski definition) is 4. The van der Waals surface area contributed by atoms with Crippen LogP contribution in [0, 0.1) is 0 Å². The molecule has 0 radical (unpaired) electrons. The molecule has 18 heavy (non-hydrogen) atoms. The van der Waals surface area contributed by atoms with Crippen LogP contribution in [0.4, 0.5) is 16.2 Å². The Kier molecular flexibility index (Phi) is 3.24. The molecule has 2 rings (SSSR count). The van der Waals surface area contributed by atoms with Crippen LogP contribution in [0.2, 0.25) is 0 Å². The highest BCUT2D eigenvalue weighted by molar-refractivity contribution is 7.94. The van der Waals surface area contributed by atoms with Gasteiger partial charge in [0, 0.05) is 16.8 Å². The van der Waals surface area contributed by atoms with Gasteiger partial charge >= 0.3 is 6.03 Å². The van der Waals surface area contributed by atoms with Crippen molar-refractivity contribution >= 4 is 27.2 Å². The second-order valence-electron chi connectivity index (χ2n) is 3.99. The van der Waals surface area contributed by atoms with Gasteiger partial charge in [-0.15, -0.1) is 0 Å². The standard InChI is InChI=1S/C11H13N3O3S/c12-8-2-1-3-9(6-8)13-11(15)14-10-4-5-18(16,17)7-10/h1-6,10H,7,12H2,(H2,13,14,15). The molecule has 1 unspecified atom stereocenters. The van der Waals surface area contributed by atoms with Crippen LogP contribution < -0.4 is 16.4 Å². The van der Waals surface area contributed by atoms with E-state index in [9.17, 15) is 13.2 Å². The van der Waals surface area contributed by atoms with Crippen molar-refractivity contribution in [1.82, 2.24) is 5.32 Å². The molecule has 0 fully saturated rings. The summed E-state index contributed by atoms with van der Waals surface area (Å²) in [5.41, 5.74) is 6.66. The Labute approximate surface area is 105 Å². The van der Waals surface area contributed by atoms with Crippen molar-refractivity contribution in [3.8, 4) is 0 Å². The van der Waals surface area contributed by atoms with Crippen LogP contribution in [0.25, 0.3) is 0 Å². The Morgan fingerprint density at radius 2 is 2.17 bits per heavy atom. The Morgan fingerprint density at radius 1 is 1.39 bits per heavy atom. The normalized spacial score (nSPS) is 20.6. The first-order valence-electron chi connectivity index (χ1n) is 5.29. The van der Waals surface area contributed by atoms with Gasteiger partial charge < -0.3 is 16.4 Å². The van der Waals surface area contributed by atoms with Gasteiger partial charge in [0.1, 0.15) is 0 Å². The van der Waals surface area contributed by atoms with Crippen LogP contribution in [0.5, 0.6) is 0 Å². The molecule has 0 aromatic heterocycles. The van der Waals surface area contributed by atoms with Gasteiger partial charge in [-0.25, -0.2) is 13.2 Å². The molecule has 1 aliphatic rings. The van der Waals surface area contributed by atoms with E-state index in [1.54, 1.807) is 24.3 Å². The molecule has 7 heteroatoms. The van der Waals surface area contributed by atoms with Gasteiger partial charge in [0.25, 0.3) is 0 Å². The highest BCUT2D eigenvalue weighted by atomic mass is 32.2. The quantitative estimate of drug-likeness (QED) is 0.686. The number of urea groups is 1. The molecule has 1 aliphatic heterocycles. The summed E-state index contributed by atoms with van der Waals surface area (Å²) in [6, 6.07) is 5.77. The van der Waals surface area contributed by atoms with E-state index in [1.165, 1.54) is 6.08 Å². The van der Waals surface area contributed by atoms with Crippen molar-refractivity contribution < 1.29 is 13.2 Å². The van der Waals surface area contributed by atoms with Gasteiger partial charge in [0.2, 0.25) is 0 Å². The van der Waals surface area contributed by atoms with Crippen LogP contribution >= 0.6 is 0 Å². The zero-order valence-electron chi connectivity index (χ0n) is 9.46. The summed E-state index contributed by atoms with van der Waals surface area (Å²) in [4.78, 5) is 11.6. The topological polar surface area (TPSA) is 101 Å². The molecule has 1 heterocycles. The van der Waals surface area contributed by atoms with E-state index in [2.05, 4.69) is 10.6 Å². The first-order chi connectivity index (χ1) is 8.44. The molecular formula is C11H13N3O3S. The van der Waals surface area contributed by atoms with Crippen molar-refractivity contribution in [1.29, 1.82) is 0 Å². The smallest absolute Gasteiger partial charge is 0.319 e. The van der Waals surface area contributed by atoms with Crippen molar-refractivity contribution in [3.05, 3.63) is 35.7 Å². The minimum absolute atomic E-state index is 0.0999. The molecular weight excluding hydrogens is 254 g/mol. The lowest BCUT2D eigenvalue weighted by molar-refractivity contribution is 0.251. The summed E-state index contributed by atoms with van der Waals surface area (Å²) in [6.07, 6.45) is 1.45. The Balaban J connectivity index is 1.92. The maximum absolute atomic E-state index is 11.6. The van der Waals surface area contributed by atoms with Crippen LogP contribution in [-0.2, 0) is 9.84 Å². The van der Waals surface area contributed by atoms with Crippen LogP contribution in [0.15, 0.2) is 35.7 Å². The third-order valence-electron chi connectivity index (χ3n) is 2.39. The number of carbonyl (C=O) groups excluding carboxylic acids is 1. The summed E-state index contributed by atoms with van der Waals surface area (Å²) >= 11 is 0. The summed E-state index contributed by atoms with van der Waals surface area (Å²) in [7, 11) is -3.16. The average Bonchev–Trinajstić information content (AvgIpc) is 2.57. The number of carbonyl (C=O) groups is 1. The van der Waals surface area contributed by atoms with E-state index < -0.39 is 21.9 Å². The molecule has 96 valence electrons. The lowest BCUT2D eigenvalue weighted by Gasteiger charge is -2.11. The second-order valence-corrected chi connectivity index (χ2v) is 5.92. The Bertz CT molecular complexity index is 595. The number of anilines is 2.